The number of hydrogen-bond donors (Lipinski definition) is 0. The van der Waals surface area contributed by atoms with E-state index in [4.69, 9.17) is 0 Å². The van der Waals surface area contributed by atoms with Crippen LogP contribution in [0.2, 0.25) is 0 Å². The molecule has 4 heteroatoms. The van der Waals surface area contributed by atoms with Gasteiger partial charge in [0.25, 0.3) is 0 Å². The average molecular weight is 221 g/mol. The van der Waals surface area contributed by atoms with E-state index in [9.17, 15) is 0 Å². The molecule has 0 aliphatic rings. The van der Waals surface area contributed by atoms with E-state index in [-0.39, 0.29) is 0 Å². The van der Waals surface area contributed by atoms with E-state index in [1.165, 1.54) is 0 Å². The highest BCUT2D eigenvalue weighted by Crippen LogP contribution is 2.18. The minimum atomic E-state index is 0.969. The van der Waals surface area contributed by atoms with Gasteiger partial charge in [-0.15, -0.1) is 0 Å². The van der Waals surface area contributed by atoms with Crippen molar-refractivity contribution >= 4 is 27.7 Å². The summed E-state index contributed by atoms with van der Waals surface area (Å²) < 4.78 is 3.17. The van der Waals surface area contributed by atoms with Crippen molar-refractivity contribution in [1.29, 1.82) is 0 Å². The summed E-state index contributed by atoms with van der Waals surface area (Å²) in [4.78, 5) is 4.18. The molecular formula is C6H9BrN2S. The van der Waals surface area contributed by atoms with Crippen molar-refractivity contribution in [2.24, 2.45) is 0 Å². The number of nitrogens with zero attached hydrogens (tertiary/aromatic N) is 2. The normalized spacial score (nSPS) is 10.3. The van der Waals surface area contributed by atoms with Crippen LogP contribution in [0.5, 0.6) is 0 Å². The number of aromatic nitrogens is 2. The lowest BCUT2D eigenvalue weighted by molar-refractivity contribution is 0.669. The van der Waals surface area contributed by atoms with Crippen molar-refractivity contribution < 1.29 is 0 Å². The molecule has 0 aliphatic carbocycles. The van der Waals surface area contributed by atoms with Crippen molar-refractivity contribution in [3.8, 4) is 0 Å². The molecule has 1 rings (SSSR count). The molecule has 0 saturated heterocycles. The van der Waals surface area contributed by atoms with Gasteiger partial charge >= 0.3 is 0 Å². The van der Waals surface area contributed by atoms with Gasteiger partial charge in [0.1, 0.15) is 4.60 Å². The van der Waals surface area contributed by atoms with Crippen LogP contribution in [0.1, 0.15) is 6.92 Å². The van der Waals surface area contributed by atoms with Crippen LogP contribution >= 0.6 is 27.7 Å². The molecule has 2 nitrogen and oxygen atoms in total. The predicted molar refractivity (Wildman–Crippen MR) is 47.4 cm³/mol. The van der Waals surface area contributed by atoms with E-state index in [0.29, 0.717) is 0 Å². The van der Waals surface area contributed by atoms with Crippen LogP contribution in [0.3, 0.4) is 0 Å². The van der Waals surface area contributed by atoms with Gasteiger partial charge in [-0.1, -0.05) is 11.8 Å². The third-order valence-electron chi connectivity index (χ3n) is 1.27. The van der Waals surface area contributed by atoms with Crippen molar-refractivity contribution in [1.82, 2.24) is 9.55 Å². The number of hydrogen-bond acceptors (Lipinski definition) is 2. The maximum atomic E-state index is 4.18. The molecule has 0 N–H and O–H groups in total. The Morgan fingerprint density at radius 3 is 2.90 bits per heavy atom. The van der Waals surface area contributed by atoms with E-state index in [2.05, 4.69) is 32.4 Å². The summed E-state index contributed by atoms with van der Waals surface area (Å²) in [5.41, 5.74) is 0. The van der Waals surface area contributed by atoms with Crippen LogP contribution in [0.4, 0.5) is 0 Å². The van der Waals surface area contributed by atoms with Crippen molar-refractivity contribution in [2.75, 3.05) is 6.26 Å². The lowest BCUT2D eigenvalue weighted by atomic mass is 10.7. The van der Waals surface area contributed by atoms with Crippen LogP contribution < -0.4 is 0 Å². The summed E-state index contributed by atoms with van der Waals surface area (Å²) in [6, 6.07) is 0. The first kappa shape index (κ1) is 8.14. The fourth-order valence-corrected chi connectivity index (χ4v) is 2.03. The van der Waals surface area contributed by atoms with E-state index >= 15 is 0 Å². The molecule has 1 aromatic rings. The van der Waals surface area contributed by atoms with Crippen molar-refractivity contribution in [2.45, 2.75) is 18.6 Å². The first-order valence-corrected chi connectivity index (χ1v) is 5.06. The molecule has 0 atom stereocenters. The Morgan fingerprint density at radius 2 is 2.50 bits per heavy atom. The second-order valence-corrected chi connectivity index (χ2v) is 3.40. The first-order valence-electron chi connectivity index (χ1n) is 3.04. The van der Waals surface area contributed by atoms with Crippen LogP contribution in [0.25, 0.3) is 0 Å². The summed E-state index contributed by atoms with van der Waals surface area (Å²) in [5, 5.41) is 1.06. The zero-order chi connectivity index (χ0) is 7.56. The summed E-state index contributed by atoms with van der Waals surface area (Å²) in [5.74, 6) is 0. The molecule has 10 heavy (non-hydrogen) atoms. The average Bonchev–Trinajstić information content (AvgIpc) is 2.30. The quantitative estimate of drug-likeness (QED) is 0.713. The van der Waals surface area contributed by atoms with E-state index in [0.717, 1.165) is 16.3 Å². The zero-order valence-corrected chi connectivity index (χ0v) is 8.37. The topological polar surface area (TPSA) is 17.8 Å². The Hall–Kier alpha value is 0.0400. The Bertz CT molecular complexity index is 222. The van der Waals surface area contributed by atoms with Crippen molar-refractivity contribution in [3.05, 3.63) is 10.8 Å². The monoisotopic (exact) mass is 220 g/mol. The molecule has 0 radical (unpaired) electrons. The Kier molecular flexibility index (Phi) is 2.80. The molecule has 0 saturated carbocycles. The third kappa shape index (κ3) is 1.37. The smallest absolute Gasteiger partial charge is 0.168 e. The molecule has 1 aromatic heterocycles. The minimum Gasteiger partial charge on any atom is -0.314 e. The van der Waals surface area contributed by atoms with Crippen LogP contribution in [-0.2, 0) is 6.54 Å². The predicted octanol–water partition coefficient (Wildman–Crippen LogP) is 2.39. The largest absolute Gasteiger partial charge is 0.314 e. The fraction of sp³-hybridized carbons (Fsp3) is 0.500. The highest BCUT2D eigenvalue weighted by Gasteiger charge is 2.02. The first-order chi connectivity index (χ1) is 4.79. The van der Waals surface area contributed by atoms with Gasteiger partial charge in [-0.2, -0.15) is 0 Å². The molecule has 0 amide bonds. The number of rotatable bonds is 2. The van der Waals surface area contributed by atoms with Crippen LogP contribution in [0, 0.1) is 0 Å². The highest BCUT2D eigenvalue weighted by atomic mass is 79.9. The molecule has 0 fully saturated rings. The Balaban J connectivity index is 3.01. The second kappa shape index (κ2) is 3.44. The van der Waals surface area contributed by atoms with Crippen molar-refractivity contribution in [3.63, 3.8) is 0 Å². The van der Waals surface area contributed by atoms with Gasteiger partial charge in [0, 0.05) is 6.54 Å². The number of imidazole rings is 1. The summed E-state index contributed by atoms with van der Waals surface area (Å²) in [6.07, 6.45) is 3.86. The summed E-state index contributed by atoms with van der Waals surface area (Å²) in [6.45, 7) is 3.07. The van der Waals surface area contributed by atoms with Gasteiger partial charge < -0.3 is 4.57 Å². The van der Waals surface area contributed by atoms with Crippen LogP contribution in [0.15, 0.2) is 16.0 Å². The lowest BCUT2D eigenvalue weighted by Crippen LogP contribution is -1.95. The van der Waals surface area contributed by atoms with E-state index in [1.807, 2.05) is 12.5 Å². The van der Waals surface area contributed by atoms with Gasteiger partial charge in [0.05, 0.1) is 6.20 Å². The maximum absolute atomic E-state index is 4.18. The summed E-state index contributed by atoms with van der Waals surface area (Å²) >= 11 is 5.07. The third-order valence-corrected chi connectivity index (χ3v) is 2.59. The molecule has 0 unspecified atom stereocenters. The van der Waals surface area contributed by atoms with Gasteiger partial charge in [-0.25, -0.2) is 4.98 Å². The molecular weight excluding hydrogens is 212 g/mol. The number of halogens is 1. The number of thioether (sulfide) groups is 1. The Labute approximate surface area is 73.2 Å². The van der Waals surface area contributed by atoms with Gasteiger partial charge in [0.2, 0.25) is 0 Å². The van der Waals surface area contributed by atoms with E-state index < -0.39 is 0 Å². The second-order valence-electron chi connectivity index (χ2n) is 1.81. The van der Waals surface area contributed by atoms with E-state index in [1.54, 1.807) is 11.8 Å². The van der Waals surface area contributed by atoms with Gasteiger partial charge in [-0.05, 0) is 29.1 Å². The fourth-order valence-electron chi connectivity index (χ4n) is 0.788. The van der Waals surface area contributed by atoms with Gasteiger partial charge in [0.15, 0.2) is 5.16 Å². The maximum Gasteiger partial charge on any atom is 0.168 e. The highest BCUT2D eigenvalue weighted by molar-refractivity contribution is 9.10. The molecule has 56 valence electrons. The molecule has 0 aromatic carbocycles. The SMILES string of the molecule is CCn1c(Br)cnc1SC. The Morgan fingerprint density at radius 1 is 1.80 bits per heavy atom. The minimum absolute atomic E-state index is 0.969. The standard InChI is InChI=1S/C6H9BrN2S/c1-3-9-5(7)4-8-6(9)10-2/h4H,3H2,1-2H3. The molecule has 1 heterocycles. The zero-order valence-electron chi connectivity index (χ0n) is 5.97. The lowest BCUT2D eigenvalue weighted by Gasteiger charge is -2.01. The molecule has 0 aliphatic heterocycles. The van der Waals surface area contributed by atoms with Gasteiger partial charge in [-0.3, -0.25) is 0 Å². The molecule has 0 spiro atoms. The molecule has 0 bridgehead atoms. The van der Waals surface area contributed by atoms with Crippen LogP contribution in [-0.4, -0.2) is 15.8 Å². The summed E-state index contributed by atoms with van der Waals surface area (Å²) in [7, 11) is 0.